The van der Waals surface area contributed by atoms with Gasteiger partial charge in [0.25, 0.3) is 0 Å². The summed E-state index contributed by atoms with van der Waals surface area (Å²) in [6.07, 6.45) is 9.08. The summed E-state index contributed by atoms with van der Waals surface area (Å²) in [6, 6.07) is 0.643. The summed E-state index contributed by atoms with van der Waals surface area (Å²) >= 11 is 3.53. The van der Waals surface area contributed by atoms with Crippen LogP contribution in [-0.4, -0.2) is 27.2 Å². The maximum absolute atomic E-state index is 4.61. The van der Waals surface area contributed by atoms with Crippen LogP contribution < -0.4 is 5.32 Å². The summed E-state index contributed by atoms with van der Waals surface area (Å²) in [6.45, 7) is 5.40. The molecule has 1 N–H and O–H groups in total. The molecule has 2 rings (SSSR count). The van der Waals surface area contributed by atoms with Crippen molar-refractivity contribution in [3.8, 4) is 0 Å². The van der Waals surface area contributed by atoms with E-state index in [1.807, 2.05) is 11.8 Å². The molecule has 1 aliphatic rings. The Hall–Kier alpha value is -0.130. The lowest BCUT2D eigenvalue weighted by Crippen LogP contribution is -2.38. The highest BCUT2D eigenvalue weighted by Crippen LogP contribution is 2.33. The van der Waals surface area contributed by atoms with Crippen molar-refractivity contribution < 1.29 is 0 Å². The molecule has 2 unspecified atom stereocenters. The van der Waals surface area contributed by atoms with E-state index in [2.05, 4.69) is 28.5 Å². The second-order valence-electron chi connectivity index (χ2n) is 5.14. The number of nitrogens with one attached hydrogen (secondary N) is 1. The van der Waals surface area contributed by atoms with Crippen LogP contribution >= 0.6 is 23.3 Å². The molecule has 108 valence electrons. The fourth-order valence-electron chi connectivity index (χ4n) is 2.65. The van der Waals surface area contributed by atoms with Gasteiger partial charge in [0.2, 0.25) is 0 Å². The molecule has 0 spiro atoms. The Bertz CT molecular complexity index is 367. The van der Waals surface area contributed by atoms with Crippen LogP contribution in [0.5, 0.6) is 0 Å². The van der Waals surface area contributed by atoms with Crippen LogP contribution in [0.15, 0.2) is 4.34 Å². The summed E-state index contributed by atoms with van der Waals surface area (Å²) in [5, 5.41) is 4.34. The van der Waals surface area contributed by atoms with E-state index in [4.69, 9.17) is 0 Å². The first-order valence-corrected chi connectivity index (χ1v) is 9.21. The van der Waals surface area contributed by atoms with Crippen LogP contribution in [0.3, 0.4) is 0 Å². The van der Waals surface area contributed by atoms with Gasteiger partial charge in [-0.15, -0.1) is 0 Å². The van der Waals surface area contributed by atoms with Gasteiger partial charge in [0.1, 0.15) is 5.82 Å². The van der Waals surface area contributed by atoms with E-state index in [1.165, 1.54) is 38.5 Å². The topological polar surface area (TPSA) is 37.8 Å². The van der Waals surface area contributed by atoms with Gasteiger partial charge in [-0.05, 0) is 30.9 Å². The van der Waals surface area contributed by atoms with E-state index in [0.717, 1.165) is 23.1 Å². The molecule has 0 radical (unpaired) electrons. The summed E-state index contributed by atoms with van der Waals surface area (Å²) in [7, 11) is 0. The maximum atomic E-state index is 4.61. The minimum Gasteiger partial charge on any atom is -0.313 e. The monoisotopic (exact) mass is 299 g/mol. The summed E-state index contributed by atoms with van der Waals surface area (Å²) in [5.41, 5.74) is 0. The minimum absolute atomic E-state index is 0.643. The molecule has 1 aromatic heterocycles. The Labute approximate surface area is 125 Å². The zero-order valence-corrected chi connectivity index (χ0v) is 13.7. The zero-order chi connectivity index (χ0) is 13.5. The average molecular weight is 300 g/mol. The lowest BCUT2D eigenvalue weighted by atomic mass is 9.96. The largest absolute Gasteiger partial charge is 0.313 e. The van der Waals surface area contributed by atoms with Crippen molar-refractivity contribution in [1.82, 2.24) is 14.7 Å². The second-order valence-corrected chi connectivity index (χ2v) is 7.38. The molecule has 0 amide bonds. The Morgan fingerprint density at radius 2 is 2.00 bits per heavy atom. The highest BCUT2D eigenvalue weighted by atomic mass is 32.2. The SMILES string of the molecule is CCNC1CCCCCCC1Sc1nc(CC)ns1. The maximum Gasteiger partial charge on any atom is 0.170 e. The molecule has 3 nitrogen and oxygen atoms in total. The van der Waals surface area contributed by atoms with Gasteiger partial charge in [0, 0.05) is 17.7 Å². The molecule has 0 aromatic carbocycles. The van der Waals surface area contributed by atoms with Gasteiger partial charge in [-0.1, -0.05) is 51.3 Å². The number of aryl methyl sites for hydroxylation is 1. The highest BCUT2D eigenvalue weighted by molar-refractivity contribution is 8.01. The van der Waals surface area contributed by atoms with Crippen LogP contribution in [0.2, 0.25) is 0 Å². The molecule has 0 bridgehead atoms. The number of nitrogens with zero attached hydrogens (tertiary/aromatic N) is 2. The number of aromatic nitrogens is 2. The molecule has 1 heterocycles. The first-order valence-electron chi connectivity index (χ1n) is 7.56. The van der Waals surface area contributed by atoms with Gasteiger partial charge in [-0.2, -0.15) is 4.37 Å². The van der Waals surface area contributed by atoms with Crippen molar-refractivity contribution >= 4 is 23.3 Å². The third kappa shape index (κ3) is 4.72. The molecule has 1 aromatic rings. The van der Waals surface area contributed by atoms with E-state index in [0.29, 0.717) is 11.3 Å². The van der Waals surface area contributed by atoms with Crippen LogP contribution in [0.25, 0.3) is 0 Å². The van der Waals surface area contributed by atoms with Crippen molar-refractivity contribution in [3.05, 3.63) is 5.82 Å². The predicted octanol–water partition coefficient (Wildman–Crippen LogP) is 3.89. The van der Waals surface area contributed by atoms with Gasteiger partial charge >= 0.3 is 0 Å². The predicted molar refractivity (Wildman–Crippen MR) is 84.1 cm³/mol. The van der Waals surface area contributed by atoms with Gasteiger partial charge in [-0.25, -0.2) is 4.98 Å². The standard InChI is InChI=1S/C14H25N3S2/c1-3-13-16-14(19-17-13)18-12-10-8-6-5-7-9-11(12)15-4-2/h11-12,15H,3-10H2,1-2H3. The van der Waals surface area contributed by atoms with Gasteiger partial charge in [-0.3, -0.25) is 0 Å². The molecular weight excluding hydrogens is 274 g/mol. The quantitative estimate of drug-likeness (QED) is 0.895. The molecule has 0 aliphatic heterocycles. The van der Waals surface area contributed by atoms with Crippen LogP contribution in [-0.2, 0) is 6.42 Å². The molecular formula is C14H25N3S2. The van der Waals surface area contributed by atoms with Crippen molar-refractivity contribution in [2.24, 2.45) is 0 Å². The molecule has 1 aliphatic carbocycles. The number of rotatable bonds is 5. The van der Waals surface area contributed by atoms with Gasteiger partial charge in [0.05, 0.1) is 0 Å². The lowest BCUT2D eigenvalue weighted by Gasteiger charge is -2.28. The van der Waals surface area contributed by atoms with E-state index in [9.17, 15) is 0 Å². The Morgan fingerprint density at radius 1 is 1.21 bits per heavy atom. The summed E-state index contributed by atoms with van der Waals surface area (Å²) in [5.74, 6) is 0.998. The number of hydrogen-bond acceptors (Lipinski definition) is 5. The summed E-state index contributed by atoms with van der Waals surface area (Å²) in [4.78, 5) is 4.61. The number of thioether (sulfide) groups is 1. The molecule has 5 heteroatoms. The minimum atomic E-state index is 0.643. The molecule has 1 fully saturated rings. The molecule has 19 heavy (non-hydrogen) atoms. The van der Waals surface area contributed by atoms with Gasteiger partial charge < -0.3 is 5.32 Å². The Morgan fingerprint density at radius 3 is 2.68 bits per heavy atom. The van der Waals surface area contributed by atoms with Crippen molar-refractivity contribution in [3.63, 3.8) is 0 Å². The van der Waals surface area contributed by atoms with Crippen LogP contribution in [0.1, 0.15) is 58.2 Å². The highest BCUT2D eigenvalue weighted by Gasteiger charge is 2.24. The third-order valence-corrected chi connectivity index (χ3v) is 5.91. The normalized spacial score (nSPS) is 24.9. The number of hydrogen-bond donors (Lipinski definition) is 1. The lowest BCUT2D eigenvalue weighted by molar-refractivity contribution is 0.406. The Kier molecular flexibility index (Phi) is 6.61. The van der Waals surface area contributed by atoms with E-state index in [-0.39, 0.29) is 0 Å². The fourth-order valence-corrected chi connectivity index (χ4v) is 4.90. The molecule has 1 saturated carbocycles. The fraction of sp³-hybridized carbons (Fsp3) is 0.857. The van der Waals surface area contributed by atoms with Crippen molar-refractivity contribution in [2.75, 3.05) is 6.54 Å². The average Bonchev–Trinajstić information content (AvgIpc) is 2.85. The second kappa shape index (κ2) is 8.22. The van der Waals surface area contributed by atoms with E-state index >= 15 is 0 Å². The van der Waals surface area contributed by atoms with E-state index < -0.39 is 0 Å². The first kappa shape index (κ1) is 15.3. The van der Waals surface area contributed by atoms with Gasteiger partial charge in [0.15, 0.2) is 4.34 Å². The van der Waals surface area contributed by atoms with Crippen molar-refractivity contribution in [1.29, 1.82) is 0 Å². The van der Waals surface area contributed by atoms with Crippen LogP contribution in [0.4, 0.5) is 0 Å². The third-order valence-electron chi connectivity index (χ3n) is 3.69. The van der Waals surface area contributed by atoms with E-state index in [1.54, 1.807) is 11.5 Å². The Balaban J connectivity index is 1.99. The molecule has 0 saturated heterocycles. The zero-order valence-electron chi connectivity index (χ0n) is 12.0. The smallest absolute Gasteiger partial charge is 0.170 e. The first-order chi connectivity index (χ1) is 9.33. The summed E-state index contributed by atoms with van der Waals surface area (Å²) < 4.78 is 5.56. The molecule has 2 atom stereocenters. The van der Waals surface area contributed by atoms with Crippen LogP contribution in [0, 0.1) is 0 Å². The van der Waals surface area contributed by atoms with Crippen molar-refractivity contribution in [2.45, 2.75) is 74.4 Å².